The predicted molar refractivity (Wildman–Crippen MR) is 253 cm³/mol. The molecule has 2 aromatic carbocycles. The van der Waals surface area contributed by atoms with Crippen molar-refractivity contribution in [3.8, 4) is 0 Å². The first-order chi connectivity index (χ1) is 32.9. The van der Waals surface area contributed by atoms with Gasteiger partial charge in [-0.05, 0) is 87.8 Å². The molecule has 2 saturated heterocycles. The van der Waals surface area contributed by atoms with Crippen molar-refractivity contribution in [3.05, 3.63) is 104 Å². The number of halogens is 11. The number of sulfonamides is 2. The summed E-state index contributed by atoms with van der Waals surface area (Å²) in [5.41, 5.74) is -4.02. The van der Waals surface area contributed by atoms with E-state index in [9.17, 15) is 52.8 Å². The molecule has 4 atom stereocenters. The molecule has 4 unspecified atom stereocenters. The van der Waals surface area contributed by atoms with Gasteiger partial charge in [-0.1, -0.05) is 46.4 Å². The van der Waals surface area contributed by atoms with Gasteiger partial charge in [-0.25, -0.2) is 35.4 Å². The van der Waals surface area contributed by atoms with E-state index in [1.807, 2.05) is 0 Å². The van der Waals surface area contributed by atoms with Gasteiger partial charge in [0.1, 0.15) is 19.2 Å². The number of rotatable bonds is 12. The highest BCUT2D eigenvalue weighted by Gasteiger charge is 2.39. The van der Waals surface area contributed by atoms with Gasteiger partial charge >= 0.3 is 12.4 Å². The summed E-state index contributed by atoms with van der Waals surface area (Å²) >= 11 is 28.5. The molecule has 4 heterocycles. The summed E-state index contributed by atoms with van der Waals surface area (Å²) in [5, 5.41) is 0.783. The van der Waals surface area contributed by atoms with Gasteiger partial charge in [0.25, 0.3) is 31.2 Å². The molecule has 4 aromatic rings. The number of nitrogens with zero attached hydrogens (tertiary/aromatic N) is 5. The molecule has 2 fully saturated rings. The fourth-order valence-corrected chi connectivity index (χ4v) is 10.5. The van der Waals surface area contributed by atoms with Crippen LogP contribution in [-0.2, 0) is 51.3 Å². The van der Waals surface area contributed by atoms with Crippen LogP contribution < -0.4 is 13.9 Å². The van der Waals surface area contributed by atoms with Crippen molar-refractivity contribution < 1.29 is 71.7 Å². The van der Waals surface area contributed by atoms with Gasteiger partial charge in [0.2, 0.25) is 0 Å². The Hall–Kier alpha value is -3.79. The number of benzene rings is 2. The van der Waals surface area contributed by atoms with Crippen LogP contribution >= 0.6 is 58.0 Å². The van der Waals surface area contributed by atoms with E-state index < -0.39 is 93.7 Å². The molecular formula is C42H45Cl5F6N6O10S2. The van der Waals surface area contributed by atoms with Crippen LogP contribution in [0.15, 0.2) is 70.7 Å². The molecule has 2 aliphatic heterocycles. The highest BCUT2D eigenvalue weighted by Crippen LogP contribution is 2.39. The van der Waals surface area contributed by atoms with Crippen LogP contribution in [0.4, 0.5) is 37.7 Å². The Kier molecular flexibility index (Phi) is 21.0. The van der Waals surface area contributed by atoms with Crippen molar-refractivity contribution >= 4 is 101 Å². The van der Waals surface area contributed by atoms with Crippen molar-refractivity contribution in [3.63, 3.8) is 0 Å². The number of morpholine rings is 2. The second-order valence-corrected chi connectivity index (χ2v) is 21.3. The maximum absolute atomic E-state index is 13.5. The van der Waals surface area contributed by atoms with Gasteiger partial charge < -0.3 is 29.2 Å². The largest absolute Gasteiger partial charge is 0.417 e. The SMILES string of the molecule is CC1CNCC(C)O1.COCN(c1cc(Cl)cnc1C(=O)Cl)S(=O)(=O)c1ccc(Cl)c(C(F)(F)F)c1.COCN(c1cc(Cl)cnc1C(=O)N1CC(C)OC(C)C1)S(=O)(=O)c1ccc(Cl)c(C(F)(F)F)c1. The number of ether oxygens (including phenoxy) is 4. The molecule has 71 heavy (non-hydrogen) atoms. The van der Waals surface area contributed by atoms with Crippen LogP contribution in [0.25, 0.3) is 0 Å². The summed E-state index contributed by atoms with van der Waals surface area (Å²) in [6.45, 7) is 8.92. The van der Waals surface area contributed by atoms with E-state index in [1.54, 1.807) is 13.8 Å². The summed E-state index contributed by atoms with van der Waals surface area (Å²) in [4.78, 5) is 32.7. The Labute approximate surface area is 430 Å². The Bertz CT molecular complexity index is 2750. The van der Waals surface area contributed by atoms with E-state index in [0.29, 0.717) is 33.0 Å². The quantitative estimate of drug-likeness (QED) is 0.0804. The third-order valence-corrected chi connectivity index (χ3v) is 14.5. The molecular weight excluding hydrogens is 1100 g/mol. The Balaban J connectivity index is 0.000000271. The maximum Gasteiger partial charge on any atom is 0.417 e. The van der Waals surface area contributed by atoms with E-state index in [2.05, 4.69) is 29.1 Å². The first-order valence-corrected chi connectivity index (χ1v) is 25.3. The van der Waals surface area contributed by atoms with Crippen LogP contribution in [0.5, 0.6) is 0 Å². The third-order valence-electron chi connectivity index (χ3n) is 9.78. The molecule has 2 aromatic heterocycles. The number of aromatic nitrogens is 2. The molecule has 1 N–H and O–H groups in total. The van der Waals surface area contributed by atoms with Crippen LogP contribution in [0.3, 0.4) is 0 Å². The molecule has 16 nitrogen and oxygen atoms in total. The minimum atomic E-state index is -4.89. The van der Waals surface area contributed by atoms with Crippen molar-refractivity contribution in [2.45, 2.75) is 74.3 Å². The minimum absolute atomic E-state index is 0.00338. The second kappa shape index (κ2) is 25.0. The molecule has 0 aliphatic carbocycles. The van der Waals surface area contributed by atoms with E-state index in [0.717, 1.165) is 56.7 Å². The first-order valence-electron chi connectivity index (χ1n) is 20.5. The Morgan fingerprint density at radius 3 is 1.41 bits per heavy atom. The summed E-state index contributed by atoms with van der Waals surface area (Å²) in [5.74, 6) is -0.595. The summed E-state index contributed by atoms with van der Waals surface area (Å²) in [6.07, 6.45) is -7.28. The van der Waals surface area contributed by atoms with Gasteiger partial charge in [-0.15, -0.1) is 0 Å². The van der Waals surface area contributed by atoms with Crippen LogP contribution in [0, 0.1) is 0 Å². The van der Waals surface area contributed by atoms with E-state index in [1.165, 1.54) is 24.3 Å². The fourth-order valence-electron chi connectivity index (χ4n) is 6.82. The number of anilines is 2. The molecule has 6 rings (SSSR count). The lowest BCUT2D eigenvalue weighted by molar-refractivity contribution is -0.138. The highest BCUT2D eigenvalue weighted by atomic mass is 35.5. The third kappa shape index (κ3) is 15.6. The van der Waals surface area contributed by atoms with Crippen molar-refractivity contribution in [2.24, 2.45) is 0 Å². The zero-order valence-corrected chi connectivity index (χ0v) is 43.5. The highest BCUT2D eigenvalue weighted by molar-refractivity contribution is 7.93. The summed E-state index contributed by atoms with van der Waals surface area (Å²) < 4.78 is 155. The molecule has 2 aliphatic rings. The maximum atomic E-state index is 13.5. The van der Waals surface area contributed by atoms with Gasteiger partial charge in [0.15, 0.2) is 5.69 Å². The number of amides is 1. The van der Waals surface area contributed by atoms with Crippen molar-refractivity contribution in [2.75, 3.05) is 62.5 Å². The smallest absolute Gasteiger partial charge is 0.373 e. The monoisotopic (exact) mass is 1150 g/mol. The number of carbonyl (C=O) groups excluding carboxylic acids is 2. The van der Waals surface area contributed by atoms with Gasteiger partial charge in [0.05, 0.1) is 76.8 Å². The molecule has 0 radical (unpaired) electrons. The second-order valence-electron chi connectivity index (χ2n) is 15.5. The normalized spacial score (nSPS) is 18.6. The molecule has 1 amide bonds. The number of hydrogen-bond acceptors (Lipinski definition) is 13. The number of alkyl halides is 6. The molecule has 0 saturated carbocycles. The standard InChI is InChI=1S/C21H22Cl2F3N3O5S.C15H10Cl3F3N2O4S.C6H13NO/c1-12-9-28(10-13(2)34-12)20(30)19-18(6-14(22)8-27-19)29(11-33-3)35(31,32)15-4-5-17(23)16(7-15)21(24,25)26;1-27-7-23(12-4-8(16)6-22-13(12)14(18)24)28(25,26)9-2-3-11(17)10(5-9)15(19,20)21;1-5-3-7-4-6(2)8-5/h4-8,12-13H,9-11H2,1-3H3;2-6H,7H2,1H3;5-7H,3-4H2,1-2H3. The van der Waals surface area contributed by atoms with Crippen LogP contribution in [0.1, 0.15) is 59.8 Å². The summed E-state index contributed by atoms with van der Waals surface area (Å²) in [6, 6.07) is 6.50. The van der Waals surface area contributed by atoms with Crippen LogP contribution in [-0.4, -0.2) is 121 Å². The first kappa shape index (κ1) is 59.8. The van der Waals surface area contributed by atoms with Crippen LogP contribution in [0.2, 0.25) is 20.1 Å². The number of nitrogens with one attached hydrogen (secondary N) is 1. The Morgan fingerprint density at radius 2 is 1.06 bits per heavy atom. The topological polar surface area (TPSA) is 187 Å². The van der Waals surface area contributed by atoms with E-state index in [-0.39, 0.29) is 52.4 Å². The fraction of sp³-hybridized carbons (Fsp3) is 0.429. The van der Waals surface area contributed by atoms with E-state index >= 15 is 0 Å². The van der Waals surface area contributed by atoms with Crippen molar-refractivity contribution in [1.82, 2.24) is 20.2 Å². The zero-order chi connectivity index (χ0) is 53.4. The van der Waals surface area contributed by atoms with Crippen molar-refractivity contribution in [1.29, 1.82) is 0 Å². The number of pyridine rings is 2. The minimum Gasteiger partial charge on any atom is -0.373 e. The lowest BCUT2D eigenvalue weighted by Crippen LogP contribution is -2.48. The van der Waals surface area contributed by atoms with E-state index in [4.69, 9.17) is 77.0 Å². The lowest BCUT2D eigenvalue weighted by atomic mass is 10.2. The average Bonchev–Trinajstić information content (AvgIpc) is 3.26. The number of hydrogen-bond donors (Lipinski definition) is 1. The Morgan fingerprint density at radius 1 is 0.676 bits per heavy atom. The number of methoxy groups -OCH3 is 2. The van der Waals surface area contributed by atoms with Gasteiger partial charge in [0, 0.05) is 52.8 Å². The predicted octanol–water partition coefficient (Wildman–Crippen LogP) is 9.42. The molecule has 0 bridgehead atoms. The number of carbonyl (C=O) groups is 2. The summed E-state index contributed by atoms with van der Waals surface area (Å²) in [7, 11) is -7.00. The molecule has 392 valence electrons. The molecule has 29 heteroatoms. The average molecular weight is 1150 g/mol. The molecule has 0 spiro atoms. The zero-order valence-electron chi connectivity index (χ0n) is 38.1. The van der Waals surface area contributed by atoms with Gasteiger partial charge in [-0.3, -0.25) is 9.59 Å². The van der Waals surface area contributed by atoms with Gasteiger partial charge in [-0.2, -0.15) is 26.3 Å². The lowest BCUT2D eigenvalue weighted by Gasteiger charge is -2.35.